The zero-order valence-electron chi connectivity index (χ0n) is 19.4. The number of nitrogens with zero attached hydrogens (tertiary/aromatic N) is 1. The number of carbonyl (C=O) groups excluding carboxylic acids is 3. The number of piperidine rings is 1. The Morgan fingerprint density at radius 2 is 1.49 bits per heavy atom. The lowest BCUT2D eigenvalue weighted by Crippen LogP contribution is -2.40. The lowest BCUT2D eigenvalue weighted by molar-refractivity contribution is -0.153. The van der Waals surface area contributed by atoms with Gasteiger partial charge in [0.2, 0.25) is 5.91 Å². The van der Waals surface area contributed by atoms with Crippen LogP contribution in [0, 0.1) is 5.92 Å². The minimum absolute atomic E-state index is 0.0721. The zero-order valence-corrected chi connectivity index (χ0v) is 19.4. The van der Waals surface area contributed by atoms with Gasteiger partial charge in [0.1, 0.15) is 0 Å². The number of hydrogen-bond donors (Lipinski definition) is 1. The van der Waals surface area contributed by atoms with Crippen LogP contribution < -0.4 is 5.32 Å². The molecule has 1 aliphatic rings. The maximum Gasteiger partial charge on any atom is 0.309 e. The highest BCUT2D eigenvalue weighted by Gasteiger charge is 2.28. The van der Waals surface area contributed by atoms with E-state index in [0.29, 0.717) is 31.6 Å². The summed E-state index contributed by atoms with van der Waals surface area (Å²) in [5.74, 6) is -1.18. The summed E-state index contributed by atoms with van der Waals surface area (Å²) in [6.45, 7) is 0.615. The lowest BCUT2D eigenvalue weighted by atomic mass is 9.97. The van der Waals surface area contributed by atoms with Gasteiger partial charge in [-0.3, -0.25) is 14.4 Å². The number of para-hydroxylation sites is 1. The van der Waals surface area contributed by atoms with Crippen LogP contribution in [0.4, 0.5) is 5.69 Å². The molecule has 2 amide bonds. The van der Waals surface area contributed by atoms with Gasteiger partial charge in [-0.2, -0.15) is 0 Å². The molecule has 0 aliphatic carbocycles. The molecular weight excluding hydrogens is 440 g/mol. The summed E-state index contributed by atoms with van der Waals surface area (Å²) in [4.78, 5) is 39.1. The molecule has 35 heavy (non-hydrogen) atoms. The SMILES string of the molecule is O=C(COC(=O)C1CCN(C(=O)/C=C/c2ccccc2)CC1)Nc1ccccc1-c1ccccc1. The molecule has 3 aromatic rings. The largest absolute Gasteiger partial charge is 0.455 e. The van der Waals surface area contributed by atoms with Gasteiger partial charge in [0.15, 0.2) is 6.61 Å². The predicted octanol–water partition coefficient (Wildman–Crippen LogP) is 4.79. The zero-order chi connectivity index (χ0) is 24.5. The number of anilines is 1. The van der Waals surface area contributed by atoms with Crippen molar-refractivity contribution in [2.75, 3.05) is 25.0 Å². The fourth-order valence-corrected chi connectivity index (χ4v) is 4.08. The molecule has 0 saturated carbocycles. The molecule has 0 radical (unpaired) electrons. The normalized spacial score (nSPS) is 14.0. The topological polar surface area (TPSA) is 75.7 Å². The number of ether oxygens (including phenoxy) is 1. The van der Waals surface area contributed by atoms with Crippen LogP contribution in [0.15, 0.2) is 91.0 Å². The van der Waals surface area contributed by atoms with Gasteiger partial charge in [-0.05, 0) is 36.1 Å². The molecule has 1 aliphatic heterocycles. The van der Waals surface area contributed by atoms with Gasteiger partial charge in [-0.15, -0.1) is 0 Å². The van der Waals surface area contributed by atoms with E-state index in [4.69, 9.17) is 4.74 Å². The van der Waals surface area contributed by atoms with Gasteiger partial charge in [0.05, 0.1) is 5.92 Å². The average molecular weight is 469 g/mol. The molecule has 1 heterocycles. The maximum atomic E-state index is 12.5. The number of benzene rings is 3. The van der Waals surface area contributed by atoms with Crippen LogP contribution in [0.5, 0.6) is 0 Å². The number of likely N-dealkylation sites (tertiary alicyclic amines) is 1. The molecule has 178 valence electrons. The van der Waals surface area contributed by atoms with Crippen molar-refractivity contribution in [1.29, 1.82) is 0 Å². The molecule has 0 unspecified atom stereocenters. The van der Waals surface area contributed by atoms with E-state index in [0.717, 1.165) is 16.7 Å². The lowest BCUT2D eigenvalue weighted by Gasteiger charge is -2.30. The standard InChI is InChI=1S/C29H28N2O4/c32-27(30-26-14-8-7-13-25(26)23-11-5-2-6-12-23)21-35-29(34)24-17-19-31(20-18-24)28(33)16-15-22-9-3-1-4-10-22/h1-16,24H,17-21H2,(H,30,32)/b16-15+. The van der Waals surface area contributed by atoms with Crippen LogP contribution >= 0.6 is 0 Å². The monoisotopic (exact) mass is 468 g/mol. The van der Waals surface area contributed by atoms with E-state index < -0.39 is 5.97 Å². The fourth-order valence-electron chi connectivity index (χ4n) is 4.08. The first-order valence-electron chi connectivity index (χ1n) is 11.7. The Balaban J connectivity index is 1.23. The van der Waals surface area contributed by atoms with Crippen molar-refractivity contribution in [3.8, 4) is 11.1 Å². The second-order valence-electron chi connectivity index (χ2n) is 8.41. The van der Waals surface area contributed by atoms with Crippen LogP contribution in [0.1, 0.15) is 18.4 Å². The molecule has 0 aromatic heterocycles. The third-order valence-electron chi connectivity index (χ3n) is 5.99. The first-order chi connectivity index (χ1) is 17.1. The predicted molar refractivity (Wildman–Crippen MR) is 136 cm³/mol. The van der Waals surface area contributed by atoms with E-state index in [1.54, 1.807) is 17.1 Å². The molecule has 0 bridgehead atoms. The van der Waals surface area contributed by atoms with Crippen molar-refractivity contribution < 1.29 is 19.1 Å². The number of rotatable bonds is 7. The van der Waals surface area contributed by atoms with Gasteiger partial charge in [0.25, 0.3) is 5.91 Å². The summed E-state index contributed by atoms with van der Waals surface area (Å²) >= 11 is 0. The first kappa shape index (κ1) is 24.0. The van der Waals surface area contributed by atoms with Crippen molar-refractivity contribution in [1.82, 2.24) is 4.90 Å². The number of hydrogen-bond acceptors (Lipinski definition) is 4. The summed E-state index contributed by atoms with van der Waals surface area (Å²) in [6.07, 6.45) is 4.38. The Labute approximate surface area is 205 Å². The number of carbonyl (C=O) groups is 3. The molecule has 6 nitrogen and oxygen atoms in total. The van der Waals surface area contributed by atoms with Gasteiger partial charge < -0.3 is 15.0 Å². The van der Waals surface area contributed by atoms with Crippen LogP contribution in [-0.4, -0.2) is 42.4 Å². The van der Waals surface area contributed by atoms with Crippen LogP contribution in [0.3, 0.4) is 0 Å². The summed E-state index contributed by atoms with van der Waals surface area (Å²) in [6, 6.07) is 26.9. The van der Waals surface area contributed by atoms with Crippen LogP contribution in [0.25, 0.3) is 17.2 Å². The highest BCUT2D eigenvalue weighted by Crippen LogP contribution is 2.27. The van der Waals surface area contributed by atoms with Crippen LogP contribution in [-0.2, 0) is 19.1 Å². The Morgan fingerprint density at radius 3 is 2.20 bits per heavy atom. The molecule has 0 atom stereocenters. The highest BCUT2D eigenvalue weighted by molar-refractivity contribution is 5.97. The second-order valence-corrected chi connectivity index (χ2v) is 8.41. The van der Waals surface area contributed by atoms with Gasteiger partial charge in [-0.25, -0.2) is 0 Å². The molecule has 1 saturated heterocycles. The Morgan fingerprint density at radius 1 is 0.857 bits per heavy atom. The van der Waals surface area contributed by atoms with E-state index in [9.17, 15) is 14.4 Å². The second kappa shape index (κ2) is 11.8. The number of esters is 1. The Kier molecular flexibility index (Phi) is 8.07. The first-order valence-corrected chi connectivity index (χ1v) is 11.7. The summed E-state index contributed by atoms with van der Waals surface area (Å²) in [7, 11) is 0. The third-order valence-corrected chi connectivity index (χ3v) is 5.99. The van der Waals surface area contributed by atoms with E-state index in [-0.39, 0.29) is 24.3 Å². The van der Waals surface area contributed by atoms with Crippen molar-refractivity contribution >= 4 is 29.5 Å². The smallest absolute Gasteiger partial charge is 0.309 e. The minimum atomic E-state index is -0.400. The van der Waals surface area contributed by atoms with Gasteiger partial charge in [0, 0.05) is 30.4 Å². The minimum Gasteiger partial charge on any atom is -0.455 e. The molecule has 4 rings (SSSR count). The molecule has 1 N–H and O–H groups in total. The van der Waals surface area contributed by atoms with Crippen molar-refractivity contribution in [3.63, 3.8) is 0 Å². The molecule has 3 aromatic carbocycles. The summed E-state index contributed by atoms with van der Waals surface area (Å²) in [5, 5.41) is 2.84. The number of amides is 2. The van der Waals surface area contributed by atoms with Gasteiger partial charge >= 0.3 is 5.97 Å². The average Bonchev–Trinajstić information content (AvgIpc) is 2.92. The Hall–Kier alpha value is -4.19. The van der Waals surface area contributed by atoms with E-state index in [1.807, 2.05) is 84.9 Å². The fraction of sp³-hybridized carbons (Fsp3) is 0.207. The summed E-state index contributed by atoms with van der Waals surface area (Å²) in [5.41, 5.74) is 3.51. The van der Waals surface area contributed by atoms with Crippen molar-refractivity contribution in [3.05, 3.63) is 96.6 Å². The van der Waals surface area contributed by atoms with Crippen molar-refractivity contribution in [2.24, 2.45) is 5.92 Å². The summed E-state index contributed by atoms with van der Waals surface area (Å²) < 4.78 is 5.29. The third kappa shape index (κ3) is 6.67. The molecule has 0 spiro atoms. The van der Waals surface area contributed by atoms with E-state index in [1.165, 1.54) is 0 Å². The van der Waals surface area contributed by atoms with Gasteiger partial charge in [-0.1, -0.05) is 78.9 Å². The van der Waals surface area contributed by atoms with E-state index in [2.05, 4.69) is 5.32 Å². The van der Waals surface area contributed by atoms with E-state index >= 15 is 0 Å². The molecular formula is C29H28N2O4. The highest BCUT2D eigenvalue weighted by atomic mass is 16.5. The molecule has 1 fully saturated rings. The van der Waals surface area contributed by atoms with Crippen molar-refractivity contribution in [2.45, 2.75) is 12.8 Å². The number of nitrogens with one attached hydrogen (secondary N) is 1. The maximum absolute atomic E-state index is 12.5. The molecule has 6 heteroatoms. The quantitative estimate of drug-likeness (QED) is 0.400. The van der Waals surface area contributed by atoms with Crippen LogP contribution in [0.2, 0.25) is 0 Å². The Bertz CT molecular complexity index is 1180.